The number of nitrogens with zero attached hydrogens (tertiary/aromatic N) is 1. The second-order valence-corrected chi connectivity index (χ2v) is 5.90. The molecular formula is C17H24N2O2. The molecule has 2 rings (SSSR count). The monoisotopic (exact) mass is 288 g/mol. The third-order valence-electron chi connectivity index (χ3n) is 3.78. The van der Waals surface area contributed by atoms with Gasteiger partial charge in [-0.15, -0.1) is 0 Å². The van der Waals surface area contributed by atoms with Gasteiger partial charge >= 0.3 is 0 Å². The van der Waals surface area contributed by atoms with Crippen LogP contribution >= 0.6 is 0 Å². The van der Waals surface area contributed by atoms with E-state index in [1.807, 2.05) is 26.0 Å². The molecule has 1 aromatic rings. The van der Waals surface area contributed by atoms with Gasteiger partial charge < -0.3 is 4.74 Å². The highest BCUT2D eigenvalue weighted by Gasteiger charge is 2.16. The van der Waals surface area contributed by atoms with Crippen molar-refractivity contribution in [1.82, 2.24) is 5.43 Å². The Morgan fingerprint density at radius 3 is 2.67 bits per heavy atom. The second-order valence-electron chi connectivity index (χ2n) is 5.90. The lowest BCUT2D eigenvalue weighted by atomic mass is 9.89. The smallest absolute Gasteiger partial charge is 0.277 e. The minimum atomic E-state index is -0.209. The van der Waals surface area contributed by atoms with Crippen LogP contribution in [-0.4, -0.2) is 18.2 Å². The van der Waals surface area contributed by atoms with Gasteiger partial charge in [-0.05, 0) is 62.3 Å². The van der Waals surface area contributed by atoms with Crippen LogP contribution in [0.2, 0.25) is 0 Å². The predicted octanol–water partition coefficient (Wildman–Crippen LogP) is 3.36. The van der Waals surface area contributed by atoms with Crippen molar-refractivity contribution in [2.75, 3.05) is 6.61 Å². The minimum absolute atomic E-state index is 0.00590. The molecule has 1 aromatic carbocycles. The van der Waals surface area contributed by atoms with E-state index < -0.39 is 0 Å². The lowest BCUT2D eigenvalue weighted by Crippen LogP contribution is -2.28. The van der Waals surface area contributed by atoms with Crippen LogP contribution in [-0.2, 0) is 4.79 Å². The number of rotatable bonds is 4. The average Bonchev–Trinajstić information content (AvgIpc) is 2.43. The van der Waals surface area contributed by atoms with Crippen molar-refractivity contribution in [2.24, 2.45) is 11.0 Å². The highest BCUT2D eigenvalue weighted by molar-refractivity contribution is 5.88. The van der Waals surface area contributed by atoms with Gasteiger partial charge in [0, 0.05) is 5.71 Å². The van der Waals surface area contributed by atoms with Crippen LogP contribution in [0.5, 0.6) is 5.75 Å². The van der Waals surface area contributed by atoms with Gasteiger partial charge in [0.25, 0.3) is 5.91 Å². The Balaban J connectivity index is 1.83. The van der Waals surface area contributed by atoms with Crippen molar-refractivity contribution in [3.63, 3.8) is 0 Å². The highest BCUT2D eigenvalue weighted by Crippen LogP contribution is 2.20. The maximum absolute atomic E-state index is 11.8. The number of amides is 1. The van der Waals surface area contributed by atoms with E-state index in [1.165, 1.54) is 6.42 Å². The summed E-state index contributed by atoms with van der Waals surface area (Å²) >= 11 is 0. The van der Waals surface area contributed by atoms with Crippen LogP contribution < -0.4 is 10.2 Å². The molecule has 4 nitrogen and oxygen atoms in total. The summed E-state index contributed by atoms with van der Waals surface area (Å²) in [5, 5.41) is 4.25. The summed E-state index contributed by atoms with van der Waals surface area (Å²) in [6.45, 7) is 6.18. The Morgan fingerprint density at radius 2 is 2.00 bits per heavy atom. The first kappa shape index (κ1) is 15.5. The SMILES string of the molecule is Cc1cc(C)cc(OCC(=O)N/N=C2/CCCC[C@@H]2C)c1. The van der Waals surface area contributed by atoms with E-state index in [1.54, 1.807) is 0 Å². The van der Waals surface area contributed by atoms with Crippen LogP contribution in [0.3, 0.4) is 0 Å². The Labute approximate surface area is 126 Å². The Hall–Kier alpha value is -1.84. The fourth-order valence-electron chi connectivity index (χ4n) is 2.67. The van der Waals surface area contributed by atoms with Crippen molar-refractivity contribution < 1.29 is 9.53 Å². The molecule has 4 heteroatoms. The van der Waals surface area contributed by atoms with Crippen molar-refractivity contribution in [2.45, 2.75) is 46.5 Å². The van der Waals surface area contributed by atoms with Crippen LogP contribution in [0.25, 0.3) is 0 Å². The van der Waals surface area contributed by atoms with E-state index >= 15 is 0 Å². The molecule has 1 atom stereocenters. The summed E-state index contributed by atoms with van der Waals surface area (Å²) in [6.07, 6.45) is 4.56. The molecule has 0 spiro atoms. The number of carbonyl (C=O) groups is 1. The normalized spacial score (nSPS) is 20.3. The van der Waals surface area contributed by atoms with Crippen LogP contribution in [0.4, 0.5) is 0 Å². The first-order chi connectivity index (χ1) is 10.0. The Kier molecular flexibility index (Phi) is 5.37. The van der Waals surface area contributed by atoms with E-state index in [9.17, 15) is 4.79 Å². The Morgan fingerprint density at radius 1 is 1.29 bits per heavy atom. The summed E-state index contributed by atoms with van der Waals surface area (Å²) in [5.41, 5.74) is 5.96. The van der Waals surface area contributed by atoms with Crippen molar-refractivity contribution >= 4 is 11.6 Å². The molecule has 0 heterocycles. The minimum Gasteiger partial charge on any atom is -0.484 e. The molecule has 1 N–H and O–H groups in total. The summed E-state index contributed by atoms with van der Waals surface area (Å²) in [6, 6.07) is 5.92. The molecule has 114 valence electrons. The second kappa shape index (κ2) is 7.25. The molecule has 0 bridgehead atoms. The Bertz CT molecular complexity index is 517. The highest BCUT2D eigenvalue weighted by atomic mass is 16.5. The molecule has 0 aliphatic heterocycles. The van der Waals surface area contributed by atoms with Gasteiger partial charge in [-0.1, -0.05) is 19.4 Å². The van der Waals surface area contributed by atoms with E-state index in [4.69, 9.17) is 4.74 Å². The standard InChI is InChI=1S/C17H24N2O2/c1-12-8-13(2)10-15(9-12)21-11-17(20)19-18-16-7-5-4-6-14(16)3/h8-10,14H,4-7,11H2,1-3H3,(H,19,20)/b18-16-/t14-/m0/s1. The summed E-state index contributed by atoms with van der Waals surface area (Å²) in [7, 11) is 0. The van der Waals surface area contributed by atoms with Crippen molar-refractivity contribution in [3.8, 4) is 5.75 Å². The topological polar surface area (TPSA) is 50.7 Å². The molecule has 0 unspecified atom stereocenters. The number of carbonyl (C=O) groups excluding carboxylic acids is 1. The van der Waals surface area contributed by atoms with Gasteiger partial charge in [0.15, 0.2) is 6.61 Å². The number of hydrogen-bond acceptors (Lipinski definition) is 3. The maximum Gasteiger partial charge on any atom is 0.277 e. The van der Waals surface area contributed by atoms with E-state index in [2.05, 4.69) is 23.5 Å². The fourth-order valence-corrected chi connectivity index (χ4v) is 2.67. The molecule has 0 aromatic heterocycles. The van der Waals surface area contributed by atoms with Crippen molar-refractivity contribution in [3.05, 3.63) is 29.3 Å². The lowest BCUT2D eigenvalue weighted by Gasteiger charge is -2.19. The van der Waals surface area contributed by atoms with Gasteiger partial charge in [-0.25, -0.2) is 5.43 Å². The molecule has 0 radical (unpaired) electrons. The van der Waals surface area contributed by atoms with Gasteiger partial charge in [0.05, 0.1) is 0 Å². The molecule has 0 saturated heterocycles. The number of hydrogen-bond donors (Lipinski definition) is 1. The molecule has 1 amide bonds. The van der Waals surface area contributed by atoms with E-state index in [-0.39, 0.29) is 12.5 Å². The van der Waals surface area contributed by atoms with Gasteiger partial charge in [-0.3, -0.25) is 4.79 Å². The summed E-state index contributed by atoms with van der Waals surface area (Å²) in [4.78, 5) is 11.8. The van der Waals surface area contributed by atoms with Crippen molar-refractivity contribution in [1.29, 1.82) is 0 Å². The zero-order valence-corrected chi connectivity index (χ0v) is 13.1. The van der Waals surface area contributed by atoms with Gasteiger partial charge in [0.1, 0.15) is 5.75 Å². The first-order valence-electron chi connectivity index (χ1n) is 7.61. The third kappa shape index (κ3) is 4.88. The molecule has 1 fully saturated rings. The number of nitrogens with one attached hydrogen (secondary N) is 1. The maximum atomic E-state index is 11.8. The van der Waals surface area contributed by atoms with E-state index in [0.717, 1.165) is 41.9 Å². The average molecular weight is 288 g/mol. The lowest BCUT2D eigenvalue weighted by molar-refractivity contribution is -0.123. The third-order valence-corrected chi connectivity index (χ3v) is 3.78. The predicted molar refractivity (Wildman–Crippen MR) is 84.6 cm³/mol. The number of benzene rings is 1. The van der Waals surface area contributed by atoms with Crippen LogP contribution in [0, 0.1) is 19.8 Å². The van der Waals surface area contributed by atoms with Gasteiger partial charge in [-0.2, -0.15) is 5.10 Å². The zero-order valence-electron chi connectivity index (χ0n) is 13.1. The van der Waals surface area contributed by atoms with Crippen LogP contribution in [0.1, 0.15) is 43.7 Å². The summed E-state index contributed by atoms with van der Waals surface area (Å²) < 4.78 is 5.51. The quantitative estimate of drug-likeness (QED) is 0.864. The summed E-state index contributed by atoms with van der Waals surface area (Å²) in [5.74, 6) is 0.986. The largest absolute Gasteiger partial charge is 0.484 e. The molecular weight excluding hydrogens is 264 g/mol. The number of aryl methyl sites for hydroxylation is 2. The molecule has 21 heavy (non-hydrogen) atoms. The van der Waals surface area contributed by atoms with Crippen LogP contribution in [0.15, 0.2) is 23.3 Å². The van der Waals surface area contributed by atoms with E-state index in [0.29, 0.717) is 5.92 Å². The number of hydrazone groups is 1. The molecule has 1 aliphatic carbocycles. The molecule has 1 aliphatic rings. The van der Waals surface area contributed by atoms with Gasteiger partial charge in [0.2, 0.25) is 0 Å². The molecule has 1 saturated carbocycles. The first-order valence-corrected chi connectivity index (χ1v) is 7.61. The zero-order chi connectivity index (χ0) is 15.2. The number of ether oxygens (including phenoxy) is 1. The fraction of sp³-hybridized carbons (Fsp3) is 0.529.